The summed E-state index contributed by atoms with van der Waals surface area (Å²) in [7, 11) is 1.65. The number of unbranched alkanes of at least 4 members (excludes halogenated alkanes) is 1. The van der Waals surface area contributed by atoms with Crippen molar-refractivity contribution < 1.29 is 9.47 Å². The third-order valence-corrected chi connectivity index (χ3v) is 3.42. The van der Waals surface area contributed by atoms with E-state index in [0.29, 0.717) is 13.2 Å². The standard InChI is InChI=1S/C18H23NO2/c1-20-17-11-10-16(14-19)13-18(17)21-12-6-5-9-15-7-3-2-4-8-15/h2-4,7-8,10-11,13H,5-6,9,12,14,19H2,1H3. The van der Waals surface area contributed by atoms with Crippen molar-refractivity contribution in [3.63, 3.8) is 0 Å². The van der Waals surface area contributed by atoms with E-state index in [1.807, 2.05) is 24.3 Å². The molecular weight excluding hydrogens is 262 g/mol. The van der Waals surface area contributed by atoms with Gasteiger partial charge in [0, 0.05) is 6.54 Å². The average molecular weight is 285 g/mol. The molecule has 0 atom stereocenters. The summed E-state index contributed by atoms with van der Waals surface area (Å²) in [4.78, 5) is 0. The van der Waals surface area contributed by atoms with Crippen LogP contribution in [0.1, 0.15) is 24.0 Å². The molecule has 0 fully saturated rings. The third-order valence-electron chi connectivity index (χ3n) is 3.42. The lowest BCUT2D eigenvalue weighted by atomic mass is 10.1. The Labute approximate surface area is 126 Å². The van der Waals surface area contributed by atoms with Gasteiger partial charge in [-0.05, 0) is 42.5 Å². The number of nitrogens with two attached hydrogens (primary N) is 1. The number of hydrogen-bond donors (Lipinski definition) is 1. The minimum Gasteiger partial charge on any atom is -0.493 e. The summed E-state index contributed by atoms with van der Waals surface area (Å²) in [5.41, 5.74) is 8.08. The molecule has 3 nitrogen and oxygen atoms in total. The van der Waals surface area contributed by atoms with E-state index < -0.39 is 0 Å². The molecule has 21 heavy (non-hydrogen) atoms. The maximum absolute atomic E-state index is 5.83. The van der Waals surface area contributed by atoms with Crippen molar-refractivity contribution in [3.05, 3.63) is 59.7 Å². The summed E-state index contributed by atoms with van der Waals surface area (Å²) in [5, 5.41) is 0. The molecule has 0 aliphatic heterocycles. The van der Waals surface area contributed by atoms with Crippen LogP contribution in [0.5, 0.6) is 11.5 Å². The Hall–Kier alpha value is -2.00. The van der Waals surface area contributed by atoms with Crippen LogP contribution in [0, 0.1) is 0 Å². The molecule has 2 aromatic carbocycles. The second kappa shape index (κ2) is 8.32. The first kappa shape index (κ1) is 15.4. The lowest BCUT2D eigenvalue weighted by Crippen LogP contribution is -2.02. The van der Waals surface area contributed by atoms with Gasteiger partial charge in [-0.2, -0.15) is 0 Å². The molecule has 0 aromatic heterocycles. The van der Waals surface area contributed by atoms with Gasteiger partial charge in [-0.25, -0.2) is 0 Å². The van der Waals surface area contributed by atoms with Crippen LogP contribution < -0.4 is 15.2 Å². The van der Waals surface area contributed by atoms with Crippen molar-refractivity contribution in [2.45, 2.75) is 25.8 Å². The van der Waals surface area contributed by atoms with Crippen molar-refractivity contribution in [2.24, 2.45) is 5.73 Å². The fourth-order valence-electron chi connectivity index (χ4n) is 2.22. The van der Waals surface area contributed by atoms with Gasteiger partial charge in [-0.3, -0.25) is 0 Å². The summed E-state index contributed by atoms with van der Waals surface area (Å²) in [6.45, 7) is 1.20. The van der Waals surface area contributed by atoms with Crippen LogP contribution in [-0.2, 0) is 13.0 Å². The zero-order valence-electron chi connectivity index (χ0n) is 12.5. The van der Waals surface area contributed by atoms with Crippen molar-refractivity contribution in [1.29, 1.82) is 0 Å². The Balaban J connectivity index is 1.78. The van der Waals surface area contributed by atoms with E-state index >= 15 is 0 Å². The molecule has 0 aliphatic rings. The van der Waals surface area contributed by atoms with Crippen LogP contribution in [-0.4, -0.2) is 13.7 Å². The van der Waals surface area contributed by atoms with E-state index in [4.69, 9.17) is 15.2 Å². The van der Waals surface area contributed by atoms with Crippen LogP contribution in [0.2, 0.25) is 0 Å². The zero-order valence-corrected chi connectivity index (χ0v) is 12.5. The highest BCUT2D eigenvalue weighted by atomic mass is 16.5. The highest BCUT2D eigenvalue weighted by Crippen LogP contribution is 2.28. The van der Waals surface area contributed by atoms with Gasteiger partial charge in [-0.15, -0.1) is 0 Å². The number of methoxy groups -OCH3 is 1. The molecule has 2 rings (SSSR count). The average Bonchev–Trinajstić information content (AvgIpc) is 2.55. The quantitative estimate of drug-likeness (QED) is 0.754. The summed E-state index contributed by atoms with van der Waals surface area (Å²) < 4.78 is 11.1. The van der Waals surface area contributed by atoms with Crippen molar-refractivity contribution in [1.82, 2.24) is 0 Å². The molecule has 0 radical (unpaired) electrons. The molecule has 0 amide bonds. The summed E-state index contributed by atoms with van der Waals surface area (Å²) in [5.74, 6) is 1.54. The fraction of sp³-hybridized carbons (Fsp3) is 0.333. The molecule has 112 valence electrons. The van der Waals surface area contributed by atoms with Crippen molar-refractivity contribution in [2.75, 3.05) is 13.7 Å². The Bertz CT molecular complexity index is 540. The number of hydrogen-bond acceptors (Lipinski definition) is 3. The van der Waals surface area contributed by atoms with Crippen LogP contribution in [0.4, 0.5) is 0 Å². The van der Waals surface area contributed by atoms with Gasteiger partial charge in [0.2, 0.25) is 0 Å². The highest BCUT2D eigenvalue weighted by molar-refractivity contribution is 5.42. The van der Waals surface area contributed by atoms with Gasteiger partial charge in [0.15, 0.2) is 11.5 Å². The second-order valence-electron chi connectivity index (χ2n) is 4.98. The molecule has 0 saturated heterocycles. The molecule has 0 bridgehead atoms. The molecule has 2 N–H and O–H groups in total. The number of rotatable bonds is 8. The minimum atomic E-state index is 0.508. The number of benzene rings is 2. The Morgan fingerprint density at radius 1 is 0.905 bits per heavy atom. The van der Waals surface area contributed by atoms with Gasteiger partial charge in [-0.1, -0.05) is 36.4 Å². The van der Waals surface area contributed by atoms with Gasteiger partial charge in [0.25, 0.3) is 0 Å². The number of ether oxygens (including phenoxy) is 2. The van der Waals surface area contributed by atoms with Gasteiger partial charge < -0.3 is 15.2 Å². The van der Waals surface area contributed by atoms with Crippen molar-refractivity contribution >= 4 is 0 Å². The van der Waals surface area contributed by atoms with Gasteiger partial charge in [0.1, 0.15) is 0 Å². The van der Waals surface area contributed by atoms with E-state index in [1.54, 1.807) is 7.11 Å². The number of aryl methyl sites for hydroxylation is 1. The van der Waals surface area contributed by atoms with E-state index in [-0.39, 0.29) is 0 Å². The summed E-state index contributed by atoms with van der Waals surface area (Å²) in [6, 6.07) is 16.3. The lowest BCUT2D eigenvalue weighted by molar-refractivity contribution is 0.286. The zero-order chi connectivity index (χ0) is 14.9. The van der Waals surface area contributed by atoms with E-state index in [2.05, 4.69) is 24.3 Å². The van der Waals surface area contributed by atoms with E-state index in [9.17, 15) is 0 Å². The van der Waals surface area contributed by atoms with Gasteiger partial charge in [0.05, 0.1) is 13.7 Å². The Morgan fingerprint density at radius 3 is 2.43 bits per heavy atom. The predicted octanol–water partition coefficient (Wildman–Crippen LogP) is 3.56. The third kappa shape index (κ3) is 4.80. The highest BCUT2D eigenvalue weighted by Gasteiger charge is 2.05. The van der Waals surface area contributed by atoms with Crippen molar-refractivity contribution in [3.8, 4) is 11.5 Å². The molecule has 0 unspecified atom stereocenters. The molecule has 0 aliphatic carbocycles. The normalized spacial score (nSPS) is 10.4. The van der Waals surface area contributed by atoms with E-state index in [0.717, 1.165) is 36.3 Å². The first-order valence-corrected chi connectivity index (χ1v) is 7.37. The maximum Gasteiger partial charge on any atom is 0.161 e. The minimum absolute atomic E-state index is 0.508. The van der Waals surface area contributed by atoms with Crippen LogP contribution in [0.15, 0.2) is 48.5 Å². The molecular formula is C18H23NO2. The molecule has 3 heteroatoms. The monoisotopic (exact) mass is 285 g/mol. The lowest BCUT2D eigenvalue weighted by Gasteiger charge is -2.12. The summed E-state index contributed by atoms with van der Waals surface area (Å²) >= 11 is 0. The van der Waals surface area contributed by atoms with Crippen LogP contribution >= 0.6 is 0 Å². The molecule has 0 saturated carbocycles. The Morgan fingerprint density at radius 2 is 1.71 bits per heavy atom. The molecule has 2 aromatic rings. The Kier molecular flexibility index (Phi) is 6.10. The topological polar surface area (TPSA) is 44.5 Å². The smallest absolute Gasteiger partial charge is 0.161 e. The maximum atomic E-state index is 5.83. The van der Waals surface area contributed by atoms with Gasteiger partial charge >= 0.3 is 0 Å². The van der Waals surface area contributed by atoms with Crippen LogP contribution in [0.25, 0.3) is 0 Å². The first-order valence-electron chi connectivity index (χ1n) is 7.37. The SMILES string of the molecule is COc1ccc(CN)cc1OCCCCc1ccccc1. The fourth-order valence-corrected chi connectivity index (χ4v) is 2.22. The molecule has 0 heterocycles. The second-order valence-corrected chi connectivity index (χ2v) is 4.98. The molecule has 0 spiro atoms. The summed E-state index contributed by atoms with van der Waals surface area (Å²) in [6.07, 6.45) is 3.22. The largest absolute Gasteiger partial charge is 0.493 e. The van der Waals surface area contributed by atoms with E-state index in [1.165, 1.54) is 5.56 Å². The first-order chi connectivity index (χ1) is 10.3. The predicted molar refractivity (Wildman–Crippen MR) is 85.8 cm³/mol. The van der Waals surface area contributed by atoms with Crippen LogP contribution in [0.3, 0.4) is 0 Å².